The Bertz CT molecular complexity index is 311. The Labute approximate surface area is 113 Å². The summed E-state index contributed by atoms with van der Waals surface area (Å²) >= 11 is 0. The van der Waals surface area contributed by atoms with Crippen LogP contribution in [-0.2, 0) is 19.1 Å². The first-order valence-electron chi connectivity index (χ1n) is 6.53. The lowest BCUT2D eigenvalue weighted by Crippen LogP contribution is -2.33. The average molecular weight is 270 g/mol. The highest BCUT2D eigenvalue weighted by molar-refractivity contribution is 6.12. The van der Waals surface area contributed by atoms with E-state index in [0.29, 0.717) is 39.0 Å². The molecule has 1 N–H and O–H groups in total. The summed E-state index contributed by atoms with van der Waals surface area (Å²) in [4.78, 5) is 23.6. The summed E-state index contributed by atoms with van der Waals surface area (Å²) in [7, 11) is 0. The number of hydrogen-bond donors (Lipinski definition) is 1. The number of carbonyl (C=O) groups is 2. The number of carbonyl (C=O) groups excluding carboxylic acids is 2. The van der Waals surface area contributed by atoms with E-state index in [2.05, 4.69) is 19.2 Å². The van der Waals surface area contributed by atoms with Gasteiger partial charge in [-0.25, -0.2) is 0 Å². The molecule has 0 fully saturated rings. The molecule has 1 heterocycles. The van der Waals surface area contributed by atoms with E-state index in [1.807, 2.05) is 0 Å². The van der Waals surface area contributed by atoms with Crippen LogP contribution in [0.2, 0.25) is 0 Å². The van der Waals surface area contributed by atoms with Crippen molar-refractivity contribution in [2.24, 2.45) is 0 Å². The highest BCUT2D eigenvalue weighted by Gasteiger charge is 2.22. The van der Waals surface area contributed by atoms with Gasteiger partial charge < -0.3 is 14.8 Å². The zero-order chi connectivity index (χ0) is 14.1. The minimum atomic E-state index is -0.274. The molecule has 0 atom stereocenters. The molecule has 1 aliphatic heterocycles. The number of nitrogens with one attached hydrogen (secondary N) is 1. The summed E-state index contributed by atoms with van der Waals surface area (Å²) in [6, 6.07) is 0.462. The van der Waals surface area contributed by atoms with Crippen molar-refractivity contribution in [2.45, 2.75) is 19.9 Å². The summed E-state index contributed by atoms with van der Waals surface area (Å²) in [6.07, 6.45) is 2.54. The Balaban J connectivity index is 1.89. The van der Waals surface area contributed by atoms with Gasteiger partial charge in [0.25, 0.3) is 11.8 Å². The molecule has 0 unspecified atom stereocenters. The monoisotopic (exact) mass is 270 g/mol. The molecule has 108 valence electrons. The van der Waals surface area contributed by atoms with E-state index < -0.39 is 0 Å². The van der Waals surface area contributed by atoms with Crippen molar-refractivity contribution in [3.05, 3.63) is 12.2 Å². The molecule has 0 saturated heterocycles. The zero-order valence-electron chi connectivity index (χ0n) is 11.6. The van der Waals surface area contributed by atoms with Crippen LogP contribution in [0.3, 0.4) is 0 Å². The van der Waals surface area contributed by atoms with Crippen LogP contribution in [0.4, 0.5) is 0 Å². The topological polar surface area (TPSA) is 67.9 Å². The first-order chi connectivity index (χ1) is 9.11. The number of imide groups is 1. The molecule has 6 nitrogen and oxygen atoms in total. The van der Waals surface area contributed by atoms with E-state index >= 15 is 0 Å². The van der Waals surface area contributed by atoms with E-state index in [9.17, 15) is 9.59 Å². The lowest BCUT2D eigenvalue weighted by molar-refractivity contribution is -0.137. The van der Waals surface area contributed by atoms with Crippen molar-refractivity contribution in [1.82, 2.24) is 10.2 Å². The Kier molecular flexibility index (Phi) is 7.32. The predicted octanol–water partition coefficient (Wildman–Crippen LogP) is -0.0574. The van der Waals surface area contributed by atoms with Gasteiger partial charge in [-0.05, 0) is 0 Å². The third-order valence-electron chi connectivity index (χ3n) is 2.53. The minimum absolute atomic E-state index is 0.274. The number of ether oxygens (including phenoxy) is 2. The molecule has 0 saturated carbocycles. The molecule has 1 aliphatic rings. The van der Waals surface area contributed by atoms with Crippen LogP contribution in [0.1, 0.15) is 13.8 Å². The van der Waals surface area contributed by atoms with Gasteiger partial charge in [0.05, 0.1) is 33.0 Å². The Hall–Kier alpha value is -1.24. The SMILES string of the molecule is CC(C)NCCOCCOCCN1C(=O)C=CC1=O. The lowest BCUT2D eigenvalue weighted by atomic mass is 10.4. The predicted molar refractivity (Wildman–Crippen MR) is 70.6 cm³/mol. The molecule has 0 aromatic heterocycles. The molecular weight excluding hydrogens is 248 g/mol. The van der Waals surface area contributed by atoms with Gasteiger partial charge in [-0.1, -0.05) is 13.8 Å². The van der Waals surface area contributed by atoms with Gasteiger partial charge >= 0.3 is 0 Å². The van der Waals surface area contributed by atoms with Gasteiger partial charge in [-0.15, -0.1) is 0 Å². The third kappa shape index (κ3) is 6.47. The molecule has 2 amide bonds. The van der Waals surface area contributed by atoms with Crippen molar-refractivity contribution < 1.29 is 19.1 Å². The second kappa shape index (κ2) is 8.79. The molecule has 0 aromatic carbocycles. The van der Waals surface area contributed by atoms with Crippen LogP contribution in [0.5, 0.6) is 0 Å². The second-order valence-electron chi connectivity index (χ2n) is 4.50. The molecule has 0 aliphatic carbocycles. The normalized spacial score (nSPS) is 15.0. The molecule has 0 spiro atoms. The number of rotatable bonds is 10. The van der Waals surface area contributed by atoms with Gasteiger partial charge in [-0.2, -0.15) is 0 Å². The zero-order valence-corrected chi connectivity index (χ0v) is 11.6. The summed E-state index contributed by atoms with van der Waals surface area (Å²) in [5.41, 5.74) is 0. The van der Waals surface area contributed by atoms with Crippen LogP contribution >= 0.6 is 0 Å². The first-order valence-corrected chi connectivity index (χ1v) is 6.53. The molecule has 19 heavy (non-hydrogen) atoms. The third-order valence-corrected chi connectivity index (χ3v) is 2.53. The largest absolute Gasteiger partial charge is 0.378 e. The molecule has 0 radical (unpaired) electrons. The van der Waals surface area contributed by atoms with Crippen LogP contribution < -0.4 is 5.32 Å². The van der Waals surface area contributed by atoms with Crippen LogP contribution in [0, 0.1) is 0 Å². The number of nitrogens with zero attached hydrogens (tertiary/aromatic N) is 1. The molecule has 0 aromatic rings. The fourth-order valence-electron chi connectivity index (χ4n) is 1.55. The fraction of sp³-hybridized carbons (Fsp3) is 0.692. The maximum absolute atomic E-state index is 11.2. The smallest absolute Gasteiger partial charge is 0.253 e. The number of hydrogen-bond acceptors (Lipinski definition) is 5. The first kappa shape index (κ1) is 15.8. The number of amides is 2. The standard InChI is InChI=1S/C13H22N2O4/c1-11(2)14-5-7-18-9-10-19-8-6-15-12(16)3-4-13(15)17/h3-4,11,14H,5-10H2,1-2H3. The van der Waals surface area contributed by atoms with Crippen molar-refractivity contribution in [1.29, 1.82) is 0 Å². The average Bonchev–Trinajstić information content (AvgIpc) is 2.67. The van der Waals surface area contributed by atoms with Gasteiger partial charge in [0.1, 0.15) is 0 Å². The molecule has 1 rings (SSSR count). The molecular formula is C13H22N2O4. The van der Waals surface area contributed by atoms with Crippen molar-refractivity contribution in [2.75, 3.05) is 39.5 Å². The van der Waals surface area contributed by atoms with E-state index in [1.54, 1.807) is 0 Å². The minimum Gasteiger partial charge on any atom is -0.378 e. The summed E-state index contributed by atoms with van der Waals surface area (Å²) < 4.78 is 10.7. The molecule has 0 bridgehead atoms. The van der Waals surface area contributed by atoms with Crippen molar-refractivity contribution in [3.63, 3.8) is 0 Å². The second-order valence-corrected chi connectivity index (χ2v) is 4.50. The van der Waals surface area contributed by atoms with Crippen molar-refractivity contribution in [3.8, 4) is 0 Å². The fourth-order valence-corrected chi connectivity index (χ4v) is 1.55. The van der Waals surface area contributed by atoms with Gasteiger partial charge in [0.2, 0.25) is 0 Å². The Morgan fingerprint density at radius 3 is 2.21 bits per heavy atom. The Morgan fingerprint density at radius 1 is 1.05 bits per heavy atom. The van der Waals surface area contributed by atoms with E-state index in [1.165, 1.54) is 12.2 Å². The summed E-state index contributed by atoms with van der Waals surface area (Å²) in [5.74, 6) is -0.547. The quantitative estimate of drug-likeness (QED) is 0.445. The maximum atomic E-state index is 11.2. The van der Waals surface area contributed by atoms with Crippen LogP contribution in [0.25, 0.3) is 0 Å². The maximum Gasteiger partial charge on any atom is 0.253 e. The van der Waals surface area contributed by atoms with Gasteiger partial charge in [0, 0.05) is 24.7 Å². The van der Waals surface area contributed by atoms with Gasteiger partial charge in [-0.3, -0.25) is 14.5 Å². The summed E-state index contributed by atoms with van der Waals surface area (Å²) in [5, 5.41) is 3.24. The lowest BCUT2D eigenvalue weighted by Gasteiger charge is -2.13. The van der Waals surface area contributed by atoms with E-state index in [0.717, 1.165) is 11.4 Å². The summed E-state index contributed by atoms with van der Waals surface area (Å²) in [6.45, 7) is 7.24. The van der Waals surface area contributed by atoms with E-state index in [4.69, 9.17) is 9.47 Å². The molecule has 6 heteroatoms. The van der Waals surface area contributed by atoms with Crippen LogP contribution in [-0.4, -0.2) is 62.3 Å². The van der Waals surface area contributed by atoms with Gasteiger partial charge in [0.15, 0.2) is 0 Å². The van der Waals surface area contributed by atoms with Crippen molar-refractivity contribution >= 4 is 11.8 Å². The Morgan fingerprint density at radius 2 is 1.63 bits per heavy atom. The van der Waals surface area contributed by atoms with E-state index in [-0.39, 0.29) is 11.8 Å². The highest BCUT2D eigenvalue weighted by Crippen LogP contribution is 2.02. The van der Waals surface area contributed by atoms with Crippen LogP contribution in [0.15, 0.2) is 12.2 Å². The highest BCUT2D eigenvalue weighted by atomic mass is 16.5.